The van der Waals surface area contributed by atoms with Gasteiger partial charge in [-0.1, -0.05) is 23.8 Å². The molecule has 1 aliphatic rings. The number of aliphatic hydroxyl groups is 1. The Morgan fingerprint density at radius 2 is 2.06 bits per heavy atom. The van der Waals surface area contributed by atoms with Crippen LogP contribution in [0.5, 0.6) is 0 Å². The average molecular weight is 232 g/mol. The lowest BCUT2D eigenvalue weighted by molar-refractivity contribution is 0.117. The minimum absolute atomic E-state index is 0.428. The van der Waals surface area contributed by atoms with Gasteiger partial charge < -0.3 is 10.8 Å². The predicted molar refractivity (Wildman–Crippen MR) is 70.6 cm³/mol. The summed E-state index contributed by atoms with van der Waals surface area (Å²) < 4.78 is 0. The quantitative estimate of drug-likeness (QED) is 0.618. The summed E-state index contributed by atoms with van der Waals surface area (Å²) in [5, 5.41) is 10.1. The van der Waals surface area contributed by atoms with Crippen LogP contribution >= 0.6 is 0 Å². The van der Waals surface area contributed by atoms with E-state index >= 15 is 0 Å². The molecule has 17 heavy (non-hydrogen) atoms. The summed E-state index contributed by atoms with van der Waals surface area (Å²) >= 11 is 0. The number of benzene rings is 1. The van der Waals surface area contributed by atoms with Crippen molar-refractivity contribution >= 4 is 5.69 Å². The van der Waals surface area contributed by atoms with Crippen molar-refractivity contribution in [3.63, 3.8) is 0 Å². The summed E-state index contributed by atoms with van der Waals surface area (Å²) in [7, 11) is 0. The molecule has 3 N–H and O–H groups in total. The van der Waals surface area contributed by atoms with Crippen molar-refractivity contribution in [2.24, 2.45) is 0 Å². The number of nitrogens with zero attached hydrogens (tertiary/aromatic N) is 1. The molecule has 0 amide bonds. The van der Waals surface area contributed by atoms with Gasteiger partial charge in [0.05, 0.1) is 6.10 Å². The first-order valence-corrected chi connectivity index (χ1v) is 6.06. The van der Waals surface area contributed by atoms with Crippen LogP contribution in [0.2, 0.25) is 0 Å². The van der Waals surface area contributed by atoms with Crippen LogP contribution < -0.4 is 5.73 Å². The molecule has 0 saturated heterocycles. The van der Waals surface area contributed by atoms with Gasteiger partial charge in [-0.25, -0.2) is 0 Å². The Labute approximate surface area is 103 Å². The Bertz CT molecular complexity index is 397. The molecule has 2 rings (SSSR count). The second-order valence-corrected chi connectivity index (χ2v) is 4.74. The van der Waals surface area contributed by atoms with Gasteiger partial charge in [0.2, 0.25) is 0 Å². The van der Waals surface area contributed by atoms with Crippen molar-refractivity contribution in [3.8, 4) is 0 Å². The third kappa shape index (κ3) is 3.32. The first-order valence-electron chi connectivity index (χ1n) is 6.06. The van der Waals surface area contributed by atoms with Crippen LogP contribution in [0.25, 0.3) is 0 Å². The molecular weight excluding hydrogens is 212 g/mol. The lowest BCUT2D eigenvalue weighted by atomic mass is 10.1. The molecule has 3 nitrogen and oxygen atoms in total. The van der Waals surface area contributed by atoms with Crippen LogP contribution in [0.1, 0.15) is 25.0 Å². The van der Waals surface area contributed by atoms with Gasteiger partial charge in [-0.05, 0) is 31.0 Å². The third-order valence-corrected chi connectivity index (χ3v) is 3.27. The molecular formula is C14H20N2O. The van der Waals surface area contributed by atoms with Gasteiger partial charge in [-0.3, -0.25) is 4.90 Å². The number of hydrogen-bond donors (Lipinski definition) is 2. The van der Waals surface area contributed by atoms with Gasteiger partial charge in [0.25, 0.3) is 0 Å². The smallest absolute Gasteiger partial charge is 0.0917 e. The molecule has 92 valence electrons. The molecule has 1 aromatic rings. The standard InChI is InChI=1S/C14H20N2O/c1-11-6-8-16(9-7-11)10-14(17)12-2-4-13(15)5-3-12/h2-6,14,17H,7-10,15H2,1H3. The molecule has 0 spiro atoms. The van der Waals surface area contributed by atoms with Gasteiger partial charge in [-0.15, -0.1) is 0 Å². The number of aliphatic hydroxyl groups excluding tert-OH is 1. The van der Waals surface area contributed by atoms with E-state index in [1.165, 1.54) is 5.57 Å². The Kier molecular flexibility index (Phi) is 3.82. The number of hydrogen-bond acceptors (Lipinski definition) is 3. The first kappa shape index (κ1) is 12.1. The van der Waals surface area contributed by atoms with Crippen LogP contribution in [-0.4, -0.2) is 29.6 Å². The van der Waals surface area contributed by atoms with Crippen molar-refractivity contribution in [2.45, 2.75) is 19.4 Å². The van der Waals surface area contributed by atoms with Crippen LogP contribution in [0.3, 0.4) is 0 Å². The largest absolute Gasteiger partial charge is 0.399 e. The van der Waals surface area contributed by atoms with E-state index in [4.69, 9.17) is 5.73 Å². The van der Waals surface area contributed by atoms with Crippen molar-refractivity contribution in [1.29, 1.82) is 0 Å². The Morgan fingerprint density at radius 1 is 1.35 bits per heavy atom. The minimum Gasteiger partial charge on any atom is -0.399 e. The van der Waals surface area contributed by atoms with Gasteiger partial charge in [0, 0.05) is 25.3 Å². The number of β-amino-alcohol motifs (C(OH)–C–C–N with tert-alkyl or cyclic N) is 1. The molecule has 0 radical (unpaired) electrons. The van der Waals surface area contributed by atoms with Gasteiger partial charge in [0.15, 0.2) is 0 Å². The van der Waals surface area contributed by atoms with Crippen LogP contribution in [0, 0.1) is 0 Å². The number of anilines is 1. The summed E-state index contributed by atoms with van der Waals surface area (Å²) in [5.41, 5.74) is 8.74. The first-order chi connectivity index (χ1) is 8.15. The fourth-order valence-electron chi connectivity index (χ4n) is 2.05. The molecule has 1 unspecified atom stereocenters. The highest BCUT2D eigenvalue weighted by atomic mass is 16.3. The molecule has 1 heterocycles. The lowest BCUT2D eigenvalue weighted by Gasteiger charge is -2.27. The molecule has 0 bridgehead atoms. The van der Waals surface area contributed by atoms with Crippen LogP contribution in [0.4, 0.5) is 5.69 Å². The molecule has 0 fully saturated rings. The minimum atomic E-state index is -0.428. The maximum absolute atomic E-state index is 10.1. The maximum Gasteiger partial charge on any atom is 0.0917 e. The van der Waals surface area contributed by atoms with E-state index in [9.17, 15) is 5.11 Å². The molecule has 3 heteroatoms. The highest BCUT2D eigenvalue weighted by molar-refractivity contribution is 5.39. The summed E-state index contributed by atoms with van der Waals surface area (Å²) in [6.07, 6.45) is 2.91. The molecule has 0 aliphatic carbocycles. The van der Waals surface area contributed by atoms with Crippen molar-refractivity contribution in [1.82, 2.24) is 4.90 Å². The Morgan fingerprint density at radius 3 is 2.65 bits per heavy atom. The summed E-state index contributed by atoms with van der Waals surface area (Å²) in [4.78, 5) is 2.27. The maximum atomic E-state index is 10.1. The van der Waals surface area contributed by atoms with Crippen molar-refractivity contribution in [2.75, 3.05) is 25.4 Å². The van der Waals surface area contributed by atoms with E-state index in [0.29, 0.717) is 6.54 Å². The monoisotopic (exact) mass is 232 g/mol. The zero-order valence-electron chi connectivity index (χ0n) is 10.3. The molecule has 1 atom stereocenters. The molecule has 1 aliphatic heterocycles. The lowest BCUT2D eigenvalue weighted by Crippen LogP contribution is -2.32. The zero-order valence-corrected chi connectivity index (χ0v) is 10.3. The van der Waals surface area contributed by atoms with E-state index in [0.717, 1.165) is 30.8 Å². The summed E-state index contributed by atoms with van der Waals surface area (Å²) in [6.45, 7) is 4.83. The van der Waals surface area contributed by atoms with E-state index in [1.807, 2.05) is 24.3 Å². The number of rotatable bonds is 3. The highest BCUT2D eigenvalue weighted by Crippen LogP contribution is 2.18. The number of nitrogen functional groups attached to an aromatic ring is 1. The predicted octanol–water partition coefficient (Wildman–Crippen LogP) is 1.95. The number of nitrogens with two attached hydrogens (primary N) is 1. The fourth-order valence-corrected chi connectivity index (χ4v) is 2.05. The van der Waals surface area contributed by atoms with E-state index < -0.39 is 6.10 Å². The molecule has 0 saturated carbocycles. The Hall–Kier alpha value is -1.32. The Balaban J connectivity index is 1.93. The topological polar surface area (TPSA) is 49.5 Å². The zero-order chi connectivity index (χ0) is 12.3. The van der Waals surface area contributed by atoms with Crippen molar-refractivity contribution < 1.29 is 5.11 Å². The van der Waals surface area contributed by atoms with Gasteiger partial charge in [0.1, 0.15) is 0 Å². The van der Waals surface area contributed by atoms with Gasteiger partial charge >= 0.3 is 0 Å². The second kappa shape index (κ2) is 5.34. The van der Waals surface area contributed by atoms with Crippen LogP contribution in [0.15, 0.2) is 35.9 Å². The fraction of sp³-hybridized carbons (Fsp3) is 0.429. The summed E-state index contributed by atoms with van der Waals surface area (Å²) in [5.74, 6) is 0. The van der Waals surface area contributed by atoms with Gasteiger partial charge in [-0.2, -0.15) is 0 Å². The molecule has 0 aromatic heterocycles. The summed E-state index contributed by atoms with van der Waals surface area (Å²) in [6, 6.07) is 7.45. The average Bonchev–Trinajstić information content (AvgIpc) is 2.33. The highest BCUT2D eigenvalue weighted by Gasteiger charge is 2.15. The second-order valence-electron chi connectivity index (χ2n) is 4.74. The van der Waals surface area contributed by atoms with E-state index in [1.54, 1.807) is 0 Å². The molecule has 1 aromatic carbocycles. The SMILES string of the molecule is CC1=CCN(CC(O)c2ccc(N)cc2)CC1. The van der Waals surface area contributed by atoms with Crippen molar-refractivity contribution in [3.05, 3.63) is 41.5 Å². The van der Waals surface area contributed by atoms with E-state index in [-0.39, 0.29) is 0 Å². The van der Waals surface area contributed by atoms with E-state index in [2.05, 4.69) is 17.9 Å². The normalized spacial score (nSPS) is 18.8. The van der Waals surface area contributed by atoms with Crippen LogP contribution in [-0.2, 0) is 0 Å². The third-order valence-electron chi connectivity index (χ3n) is 3.27.